The maximum Gasteiger partial charge on any atom is 0.584 e. The van der Waals surface area contributed by atoms with Gasteiger partial charge in [-0.05, 0) is 35.9 Å². The van der Waals surface area contributed by atoms with Crippen LogP contribution in [-0.4, -0.2) is 26.0 Å². The van der Waals surface area contributed by atoms with E-state index in [9.17, 15) is 29.6 Å². The molecule has 154 valence electrons. The fraction of sp³-hybridized carbons (Fsp3) is 0. The summed E-state index contributed by atoms with van der Waals surface area (Å²) in [6, 6.07) is 15.6. The first kappa shape index (κ1) is 21.0. The van der Waals surface area contributed by atoms with Crippen LogP contribution in [0.25, 0.3) is 6.08 Å². The number of aromatic hydroxyl groups is 3. The zero-order valence-corrected chi connectivity index (χ0v) is 16.3. The molecule has 0 aliphatic heterocycles. The average molecular weight is 428 g/mol. The van der Waals surface area contributed by atoms with Crippen molar-refractivity contribution in [1.29, 1.82) is 0 Å². The van der Waals surface area contributed by atoms with Crippen LogP contribution in [0.5, 0.6) is 28.7 Å². The number of allylic oxidation sites excluding steroid dienone is 1. The van der Waals surface area contributed by atoms with Gasteiger partial charge >= 0.3 is 7.82 Å². The quantitative estimate of drug-likeness (QED) is 0.249. The Kier molecular flexibility index (Phi) is 6.11. The van der Waals surface area contributed by atoms with Crippen LogP contribution in [0.15, 0.2) is 72.8 Å². The van der Waals surface area contributed by atoms with E-state index in [1.54, 1.807) is 30.3 Å². The van der Waals surface area contributed by atoms with Gasteiger partial charge in [0.05, 0.1) is 0 Å². The fourth-order valence-corrected chi connectivity index (χ4v) is 3.30. The third kappa shape index (κ3) is 5.41. The summed E-state index contributed by atoms with van der Waals surface area (Å²) in [6.07, 6.45) is 2.55. The lowest BCUT2D eigenvalue weighted by Gasteiger charge is -2.15. The monoisotopic (exact) mass is 428 g/mol. The van der Waals surface area contributed by atoms with E-state index in [1.165, 1.54) is 30.3 Å². The largest absolute Gasteiger partial charge is 0.584 e. The second-order valence-electron chi connectivity index (χ2n) is 6.09. The number of ketones is 1. The number of phenolic OH excluding ortho intramolecular Hbond substituents is 3. The SMILES string of the molecule is O=C(C=Cc1ccc(O)cc1)c1c(O)cc(OP(=O)(O)Oc2ccccc2)cc1O. The van der Waals surface area contributed by atoms with E-state index in [4.69, 9.17) is 9.05 Å². The van der Waals surface area contributed by atoms with Crippen LogP contribution in [0.4, 0.5) is 0 Å². The number of phosphoric ester groups is 1. The van der Waals surface area contributed by atoms with Crippen molar-refractivity contribution in [2.75, 3.05) is 0 Å². The Bertz CT molecular complexity index is 1100. The molecule has 1 unspecified atom stereocenters. The van der Waals surface area contributed by atoms with Crippen LogP contribution < -0.4 is 9.05 Å². The molecule has 0 bridgehead atoms. The number of phosphoric acid groups is 1. The fourth-order valence-electron chi connectivity index (χ4n) is 2.50. The Hall–Kier alpha value is -3.74. The highest BCUT2D eigenvalue weighted by Gasteiger charge is 2.27. The molecule has 8 nitrogen and oxygen atoms in total. The number of hydrogen-bond donors (Lipinski definition) is 4. The van der Waals surface area contributed by atoms with Gasteiger partial charge in [0.25, 0.3) is 0 Å². The van der Waals surface area contributed by atoms with Crippen LogP contribution in [0, 0.1) is 0 Å². The molecule has 4 N–H and O–H groups in total. The number of phenols is 3. The summed E-state index contributed by atoms with van der Waals surface area (Å²) in [5, 5.41) is 29.5. The van der Waals surface area contributed by atoms with Gasteiger partial charge in [-0.2, -0.15) is 0 Å². The van der Waals surface area contributed by atoms with Gasteiger partial charge in [-0.15, -0.1) is 0 Å². The third-order valence-corrected chi connectivity index (χ3v) is 4.70. The molecule has 1 atom stereocenters. The first-order valence-corrected chi connectivity index (χ1v) is 10.1. The van der Waals surface area contributed by atoms with Crippen LogP contribution in [0.2, 0.25) is 0 Å². The zero-order chi connectivity index (χ0) is 21.7. The van der Waals surface area contributed by atoms with Crippen LogP contribution in [0.3, 0.4) is 0 Å². The van der Waals surface area contributed by atoms with E-state index in [2.05, 4.69) is 0 Å². The van der Waals surface area contributed by atoms with Gasteiger partial charge in [0.2, 0.25) is 0 Å². The molecule has 0 heterocycles. The Morgan fingerprint density at radius 2 is 1.40 bits per heavy atom. The number of para-hydroxylation sites is 1. The minimum atomic E-state index is -4.61. The standard InChI is InChI=1S/C21H17O8P/c22-15-9-6-14(7-10-15)8-11-18(23)21-19(24)12-17(13-20(21)25)29-30(26,27)28-16-4-2-1-3-5-16/h1-13,22,24-25H,(H,26,27). The minimum Gasteiger partial charge on any atom is -0.508 e. The molecule has 0 spiro atoms. The van der Waals surface area contributed by atoms with Gasteiger partial charge in [0.15, 0.2) is 5.78 Å². The summed E-state index contributed by atoms with van der Waals surface area (Å²) in [5.41, 5.74) is 0.202. The van der Waals surface area contributed by atoms with Crippen molar-refractivity contribution >= 4 is 19.7 Å². The Labute approximate surface area is 171 Å². The van der Waals surface area contributed by atoms with Crippen molar-refractivity contribution in [3.8, 4) is 28.7 Å². The molecule has 3 aromatic rings. The van der Waals surface area contributed by atoms with Gasteiger partial charge in [-0.25, -0.2) is 4.57 Å². The molecule has 0 saturated heterocycles. The Morgan fingerprint density at radius 3 is 2.00 bits per heavy atom. The van der Waals surface area contributed by atoms with Gasteiger partial charge in [-0.1, -0.05) is 36.4 Å². The molecule has 0 aliphatic carbocycles. The molecule has 0 aliphatic rings. The molecule has 3 aromatic carbocycles. The van der Waals surface area contributed by atoms with Gasteiger partial charge in [0, 0.05) is 12.1 Å². The van der Waals surface area contributed by atoms with E-state index in [0.717, 1.165) is 18.2 Å². The predicted octanol–water partition coefficient (Wildman–Crippen LogP) is 4.26. The molecular formula is C21H17O8P. The van der Waals surface area contributed by atoms with Crippen molar-refractivity contribution < 1.29 is 38.6 Å². The van der Waals surface area contributed by atoms with Crippen molar-refractivity contribution in [3.63, 3.8) is 0 Å². The molecule has 3 rings (SSSR count). The van der Waals surface area contributed by atoms with Crippen LogP contribution in [0.1, 0.15) is 15.9 Å². The summed E-state index contributed by atoms with van der Waals surface area (Å²) in [4.78, 5) is 22.2. The summed E-state index contributed by atoms with van der Waals surface area (Å²) in [6.45, 7) is 0. The zero-order valence-electron chi connectivity index (χ0n) is 15.4. The summed E-state index contributed by atoms with van der Waals surface area (Å²) in [7, 11) is -4.61. The first-order valence-electron chi connectivity index (χ1n) is 8.58. The maximum atomic E-state index is 12.3. The van der Waals surface area contributed by atoms with Gasteiger partial charge in [-0.3, -0.25) is 9.69 Å². The number of benzene rings is 3. The highest BCUT2D eigenvalue weighted by molar-refractivity contribution is 7.48. The summed E-state index contributed by atoms with van der Waals surface area (Å²) in [5.74, 6) is -2.22. The molecular weight excluding hydrogens is 411 g/mol. The second kappa shape index (κ2) is 8.73. The highest BCUT2D eigenvalue weighted by atomic mass is 31.2. The predicted molar refractivity (Wildman–Crippen MR) is 109 cm³/mol. The van der Waals surface area contributed by atoms with Gasteiger partial charge in [0.1, 0.15) is 34.3 Å². The first-order chi connectivity index (χ1) is 14.2. The molecule has 0 fully saturated rings. The van der Waals surface area contributed by atoms with E-state index < -0.39 is 30.7 Å². The number of carbonyl (C=O) groups excluding carboxylic acids is 1. The highest BCUT2D eigenvalue weighted by Crippen LogP contribution is 2.46. The summed E-state index contributed by atoms with van der Waals surface area (Å²) < 4.78 is 21.9. The lowest BCUT2D eigenvalue weighted by atomic mass is 10.1. The molecule has 0 saturated carbocycles. The van der Waals surface area contributed by atoms with Crippen molar-refractivity contribution in [2.45, 2.75) is 0 Å². The van der Waals surface area contributed by atoms with E-state index in [-0.39, 0.29) is 17.2 Å². The second-order valence-corrected chi connectivity index (χ2v) is 7.39. The average Bonchev–Trinajstić information content (AvgIpc) is 2.67. The van der Waals surface area contributed by atoms with Gasteiger partial charge < -0.3 is 24.4 Å². The van der Waals surface area contributed by atoms with Crippen molar-refractivity contribution in [3.05, 3.63) is 83.9 Å². The molecule has 9 heteroatoms. The normalized spacial score (nSPS) is 13.0. The van der Waals surface area contributed by atoms with Crippen LogP contribution in [-0.2, 0) is 4.57 Å². The van der Waals surface area contributed by atoms with E-state index >= 15 is 0 Å². The number of hydrogen-bond acceptors (Lipinski definition) is 7. The maximum absolute atomic E-state index is 12.3. The number of carbonyl (C=O) groups is 1. The Balaban J connectivity index is 1.76. The van der Waals surface area contributed by atoms with Crippen molar-refractivity contribution in [1.82, 2.24) is 0 Å². The lowest BCUT2D eigenvalue weighted by molar-refractivity contribution is 0.104. The molecule has 30 heavy (non-hydrogen) atoms. The number of rotatable bonds is 7. The topological polar surface area (TPSA) is 134 Å². The van der Waals surface area contributed by atoms with E-state index in [1.807, 2.05) is 0 Å². The third-order valence-electron chi connectivity index (χ3n) is 3.82. The minimum absolute atomic E-state index is 0.0711. The lowest BCUT2D eigenvalue weighted by Crippen LogP contribution is -2.01. The smallest absolute Gasteiger partial charge is 0.508 e. The van der Waals surface area contributed by atoms with E-state index in [0.29, 0.717) is 5.56 Å². The summed E-state index contributed by atoms with van der Waals surface area (Å²) >= 11 is 0. The van der Waals surface area contributed by atoms with Crippen LogP contribution >= 0.6 is 7.82 Å². The van der Waals surface area contributed by atoms with Crippen molar-refractivity contribution in [2.24, 2.45) is 0 Å². The Morgan fingerprint density at radius 1 is 0.833 bits per heavy atom. The molecule has 0 radical (unpaired) electrons. The molecule has 0 amide bonds. The molecule has 0 aromatic heterocycles.